The largest absolute Gasteiger partial charge is 0.480 e. The first-order valence-electron chi connectivity index (χ1n) is 4.73. The van der Waals surface area contributed by atoms with Crippen LogP contribution in [-0.2, 0) is 13.0 Å². The summed E-state index contributed by atoms with van der Waals surface area (Å²) in [5.41, 5.74) is 2.01. The van der Waals surface area contributed by atoms with Crippen molar-refractivity contribution in [1.82, 2.24) is 10.3 Å². The van der Waals surface area contributed by atoms with Crippen molar-refractivity contribution in [2.24, 2.45) is 0 Å². The Hall–Kier alpha value is -1.62. The average Bonchev–Trinajstić information content (AvgIpc) is 2.27. The van der Waals surface area contributed by atoms with Crippen LogP contribution in [0.25, 0.3) is 0 Å². The molecule has 0 unspecified atom stereocenters. The molecular weight excluding hydrogens is 196 g/mol. The average molecular weight is 208 g/mol. The lowest BCUT2D eigenvalue weighted by Gasteiger charge is -2.17. The topological polar surface area (TPSA) is 71.5 Å². The smallest absolute Gasteiger partial charge is 0.341 e. The number of nitrogens with one attached hydrogen (secondary N) is 1. The zero-order valence-corrected chi connectivity index (χ0v) is 8.41. The Morgan fingerprint density at radius 3 is 3.13 bits per heavy atom. The van der Waals surface area contributed by atoms with E-state index in [1.54, 1.807) is 6.07 Å². The maximum atomic E-state index is 10.9. The van der Waals surface area contributed by atoms with Crippen molar-refractivity contribution >= 4 is 5.97 Å². The SMILES string of the molecule is COc1nc2c(cc1C(=O)O)CCNC2. The summed E-state index contributed by atoms with van der Waals surface area (Å²) in [7, 11) is 1.43. The number of hydrogen-bond donors (Lipinski definition) is 2. The van der Waals surface area contributed by atoms with Crippen LogP contribution in [0.5, 0.6) is 5.88 Å². The molecule has 1 aromatic heterocycles. The summed E-state index contributed by atoms with van der Waals surface area (Å²) in [4.78, 5) is 15.1. The lowest BCUT2D eigenvalue weighted by atomic mass is 10.0. The fourth-order valence-electron chi connectivity index (χ4n) is 1.68. The van der Waals surface area contributed by atoms with Crippen LogP contribution < -0.4 is 10.1 Å². The number of carbonyl (C=O) groups is 1. The van der Waals surface area contributed by atoms with E-state index in [4.69, 9.17) is 9.84 Å². The van der Waals surface area contributed by atoms with Crippen molar-refractivity contribution in [1.29, 1.82) is 0 Å². The third-order valence-electron chi connectivity index (χ3n) is 2.44. The van der Waals surface area contributed by atoms with Gasteiger partial charge in [-0.15, -0.1) is 0 Å². The standard InChI is InChI=1S/C10H12N2O3/c1-15-9-7(10(13)14)4-6-2-3-11-5-8(6)12-9/h4,11H,2-3,5H2,1H3,(H,13,14). The van der Waals surface area contributed by atoms with Gasteiger partial charge in [-0.25, -0.2) is 9.78 Å². The summed E-state index contributed by atoms with van der Waals surface area (Å²) in [5, 5.41) is 12.1. The molecule has 0 radical (unpaired) electrons. The number of nitrogens with zero attached hydrogens (tertiary/aromatic N) is 1. The monoisotopic (exact) mass is 208 g/mol. The minimum atomic E-state index is -0.999. The minimum absolute atomic E-state index is 0.137. The maximum absolute atomic E-state index is 10.9. The summed E-state index contributed by atoms with van der Waals surface area (Å²) < 4.78 is 4.95. The summed E-state index contributed by atoms with van der Waals surface area (Å²) in [6.07, 6.45) is 0.812. The molecule has 0 saturated heterocycles. The summed E-state index contributed by atoms with van der Waals surface area (Å²) >= 11 is 0. The molecule has 0 fully saturated rings. The predicted octanol–water partition coefficient (Wildman–Crippen LogP) is 0.434. The molecule has 0 aromatic carbocycles. The molecule has 0 atom stereocenters. The van der Waals surface area contributed by atoms with Crippen LogP contribution in [0.2, 0.25) is 0 Å². The molecule has 0 spiro atoms. The Morgan fingerprint density at radius 1 is 1.67 bits per heavy atom. The van der Waals surface area contributed by atoms with Crippen molar-refractivity contribution in [3.05, 3.63) is 22.9 Å². The van der Waals surface area contributed by atoms with Gasteiger partial charge in [-0.2, -0.15) is 0 Å². The quantitative estimate of drug-likeness (QED) is 0.737. The van der Waals surface area contributed by atoms with Gasteiger partial charge in [-0.3, -0.25) is 0 Å². The van der Waals surface area contributed by atoms with Gasteiger partial charge in [0, 0.05) is 6.54 Å². The number of methoxy groups -OCH3 is 1. The normalized spacial score (nSPS) is 14.5. The number of fused-ring (bicyclic) bond motifs is 1. The number of hydrogen-bond acceptors (Lipinski definition) is 4. The molecule has 2 rings (SSSR count). The van der Waals surface area contributed by atoms with Gasteiger partial charge in [0.25, 0.3) is 0 Å². The number of aromatic carboxylic acids is 1. The molecule has 80 valence electrons. The van der Waals surface area contributed by atoms with Gasteiger partial charge in [0.1, 0.15) is 5.56 Å². The maximum Gasteiger partial charge on any atom is 0.341 e. The molecule has 2 N–H and O–H groups in total. The summed E-state index contributed by atoms with van der Waals surface area (Å²) in [6.45, 7) is 1.53. The number of pyridine rings is 1. The van der Waals surface area contributed by atoms with E-state index in [1.165, 1.54) is 7.11 Å². The predicted molar refractivity (Wildman–Crippen MR) is 53.2 cm³/mol. The number of rotatable bonds is 2. The molecule has 5 heteroatoms. The van der Waals surface area contributed by atoms with Gasteiger partial charge in [0.2, 0.25) is 5.88 Å². The zero-order valence-electron chi connectivity index (χ0n) is 8.41. The number of ether oxygens (including phenoxy) is 1. The van der Waals surface area contributed by atoms with Gasteiger partial charge in [0.05, 0.1) is 12.8 Å². The molecule has 0 aliphatic carbocycles. The minimum Gasteiger partial charge on any atom is -0.480 e. The van der Waals surface area contributed by atoms with E-state index in [0.717, 1.165) is 24.2 Å². The third-order valence-corrected chi connectivity index (χ3v) is 2.44. The van der Waals surface area contributed by atoms with Crippen LogP contribution in [0.4, 0.5) is 0 Å². The fourth-order valence-corrected chi connectivity index (χ4v) is 1.68. The Morgan fingerprint density at radius 2 is 2.47 bits per heavy atom. The van der Waals surface area contributed by atoms with Crippen LogP contribution >= 0.6 is 0 Å². The van der Waals surface area contributed by atoms with E-state index in [2.05, 4.69) is 10.3 Å². The first kappa shape index (κ1) is 9.92. The molecule has 0 saturated carbocycles. The van der Waals surface area contributed by atoms with Crippen molar-refractivity contribution < 1.29 is 14.6 Å². The lowest BCUT2D eigenvalue weighted by molar-refractivity contribution is 0.0692. The summed E-state index contributed by atoms with van der Waals surface area (Å²) in [5.74, 6) is -0.814. The Labute approximate surface area is 87.1 Å². The van der Waals surface area contributed by atoms with Crippen LogP contribution in [0.15, 0.2) is 6.07 Å². The number of carboxylic acids is 1. The van der Waals surface area contributed by atoms with Crippen LogP contribution in [0, 0.1) is 0 Å². The molecule has 0 amide bonds. The van der Waals surface area contributed by atoms with Gasteiger partial charge in [0.15, 0.2) is 0 Å². The highest BCUT2D eigenvalue weighted by Crippen LogP contribution is 2.21. The second-order valence-electron chi connectivity index (χ2n) is 3.38. The van der Waals surface area contributed by atoms with Crippen LogP contribution in [-0.4, -0.2) is 29.7 Å². The highest BCUT2D eigenvalue weighted by atomic mass is 16.5. The molecular formula is C10H12N2O3. The van der Waals surface area contributed by atoms with E-state index in [9.17, 15) is 4.79 Å². The molecule has 1 aliphatic rings. The molecule has 0 bridgehead atoms. The second kappa shape index (κ2) is 3.86. The van der Waals surface area contributed by atoms with Crippen molar-refractivity contribution in [3.8, 4) is 5.88 Å². The molecule has 1 aromatic rings. The van der Waals surface area contributed by atoms with Gasteiger partial charge >= 0.3 is 5.97 Å². The molecule has 1 aliphatic heterocycles. The van der Waals surface area contributed by atoms with Gasteiger partial charge < -0.3 is 15.2 Å². The third kappa shape index (κ3) is 1.78. The van der Waals surface area contributed by atoms with E-state index in [1.807, 2.05) is 0 Å². The Balaban J connectivity index is 2.51. The van der Waals surface area contributed by atoms with Crippen molar-refractivity contribution in [2.75, 3.05) is 13.7 Å². The Kier molecular flexibility index (Phi) is 2.55. The van der Waals surface area contributed by atoms with Crippen molar-refractivity contribution in [2.45, 2.75) is 13.0 Å². The summed E-state index contributed by atoms with van der Waals surface area (Å²) in [6, 6.07) is 1.66. The van der Waals surface area contributed by atoms with Gasteiger partial charge in [-0.05, 0) is 24.6 Å². The second-order valence-corrected chi connectivity index (χ2v) is 3.38. The highest BCUT2D eigenvalue weighted by molar-refractivity contribution is 5.90. The van der Waals surface area contributed by atoms with E-state index in [-0.39, 0.29) is 11.4 Å². The first-order chi connectivity index (χ1) is 7.22. The van der Waals surface area contributed by atoms with Crippen molar-refractivity contribution in [3.63, 3.8) is 0 Å². The Bertz CT molecular complexity index is 404. The zero-order chi connectivity index (χ0) is 10.8. The highest BCUT2D eigenvalue weighted by Gasteiger charge is 2.18. The van der Waals surface area contributed by atoms with E-state index < -0.39 is 5.97 Å². The van der Waals surface area contributed by atoms with Gasteiger partial charge in [-0.1, -0.05) is 0 Å². The number of carboxylic acid groups (broad SMARTS) is 1. The van der Waals surface area contributed by atoms with E-state index in [0.29, 0.717) is 6.54 Å². The molecule has 2 heterocycles. The lowest BCUT2D eigenvalue weighted by Crippen LogP contribution is -2.25. The molecule has 5 nitrogen and oxygen atoms in total. The van der Waals surface area contributed by atoms with E-state index >= 15 is 0 Å². The fraction of sp³-hybridized carbons (Fsp3) is 0.400. The van der Waals surface area contributed by atoms with Crippen LogP contribution in [0.1, 0.15) is 21.6 Å². The number of aromatic nitrogens is 1. The molecule has 15 heavy (non-hydrogen) atoms. The van der Waals surface area contributed by atoms with Crippen LogP contribution in [0.3, 0.4) is 0 Å². The first-order valence-corrected chi connectivity index (χ1v) is 4.73.